The van der Waals surface area contributed by atoms with Crippen molar-refractivity contribution in [3.63, 3.8) is 0 Å². The van der Waals surface area contributed by atoms with Crippen molar-refractivity contribution < 1.29 is 14.3 Å². The Kier molecular flexibility index (Phi) is 9.47. The van der Waals surface area contributed by atoms with E-state index in [9.17, 15) is 9.59 Å². The molecule has 1 N–H and O–H groups in total. The fraction of sp³-hybridized carbons (Fsp3) is 0.391. The Morgan fingerprint density at radius 1 is 1.00 bits per heavy atom. The molecule has 0 aliphatic heterocycles. The summed E-state index contributed by atoms with van der Waals surface area (Å²) in [4.78, 5) is 27.5. The molecule has 7 heteroatoms. The Balaban J connectivity index is 2.27. The summed E-state index contributed by atoms with van der Waals surface area (Å²) in [6.07, 6.45) is 1.24. The van der Waals surface area contributed by atoms with Gasteiger partial charge in [-0.05, 0) is 44.0 Å². The standard InChI is InChI=1S/C23H28Cl2N2O3/c1-4-16(3)26-23(29)21(5-2)27(14-18-19(24)12-9-13-20(18)25)22(28)15-30-17-10-7-6-8-11-17/h6-13,16,21H,4-5,14-15H2,1-3H3,(H,26,29)/t16-,21-/m1/s1. The maximum absolute atomic E-state index is 13.1. The van der Waals surface area contributed by atoms with Crippen LogP contribution in [0.2, 0.25) is 10.0 Å². The minimum Gasteiger partial charge on any atom is -0.484 e. The van der Waals surface area contributed by atoms with Gasteiger partial charge in [0, 0.05) is 28.2 Å². The number of amides is 2. The van der Waals surface area contributed by atoms with Gasteiger partial charge in [-0.1, -0.05) is 61.3 Å². The fourth-order valence-electron chi connectivity index (χ4n) is 2.96. The number of hydrogen-bond donors (Lipinski definition) is 1. The number of rotatable bonds is 10. The van der Waals surface area contributed by atoms with Gasteiger partial charge in [0.15, 0.2) is 6.61 Å². The van der Waals surface area contributed by atoms with Crippen LogP contribution in [0.4, 0.5) is 0 Å². The Morgan fingerprint density at radius 3 is 2.20 bits per heavy atom. The van der Waals surface area contributed by atoms with Crippen molar-refractivity contribution >= 4 is 35.0 Å². The van der Waals surface area contributed by atoms with Crippen molar-refractivity contribution in [2.45, 2.75) is 52.2 Å². The first kappa shape index (κ1) is 24.0. The van der Waals surface area contributed by atoms with Crippen LogP contribution in [0.3, 0.4) is 0 Å². The third-order valence-electron chi connectivity index (χ3n) is 4.88. The summed E-state index contributed by atoms with van der Waals surface area (Å²) in [7, 11) is 0. The number of carbonyl (C=O) groups excluding carboxylic acids is 2. The van der Waals surface area contributed by atoms with Gasteiger partial charge >= 0.3 is 0 Å². The number of nitrogens with zero attached hydrogens (tertiary/aromatic N) is 1. The van der Waals surface area contributed by atoms with E-state index in [-0.39, 0.29) is 31.0 Å². The van der Waals surface area contributed by atoms with E-state index in [1.54, 1.807) is 30.3 Å². The molecule has 5 nitrogen and oxygen atoms in total. The normalized spacial score (nSPS) is 12.7. The molecular formula is C23H28Cl2N2O3. The number of halogens is 2. The van der Waals surface area contributed by atoms with Gasteiger partial charge in [-0.25, -0.2) is 0 Å². The predicted molar refractivity (Wildman–Crippen MR) is 121 cm³/mol. The minimum atomic E-state index is -0.668. The van der Waals surface area contributed by atoms with Crippen LogP contribution >= 0.6 is 23.2 Å². The van der Waals surface area contributed by atoms with Gasteiger partial charge in [0.25, 0.3) is 5.91 Å². The average molecular weight is 451 g/mol. The monoisotopic (exact) mass is 450 g/mol. The van der Waals surface area contributed by atoms with E-state index in [1.807, 2.05) is 39.0 Å². The van der Waals surface area contributed by atoms with Crippen molar-refractivity contribution in [1.82, 2.24) is 10.2 Å². The smallest absolute Gasteiger partial charge is 0.261 e. The summed E-state index contributed by atoms with van der Waals surface area (Å²) in [5.41, 5.74) is 0.601. The van der Waals surface area contributed by atoms with Crippen LogP contribution in [-0.4, -0.2) is 35.4 Å². The molecule has 2 aromatic rings. The Labute approximate surface area is 188 Å². The minimum absolute atomic E-state index is 0.00738. The molecule has 0 aliphatic rings. The average Bonchev–Trinajstić information content (AvgIpc) is 2.74. The van der Waals surface area contributed by atoms with E-state index in [0.29, 0.717) is 27.8 Å². The molecule has 0 unspecified atom stereocenters. The molecule has 0 saturated heterocycles. The molecule has 30 heavy (non-hydrogen) atoms. The molecule has 0 heterocycles. The summed E-state index contributed by atoms with van der Waals surface area (Å²) < 4.78 is 5.63. The molecule has 0 radical (unpaired) electrons. The zero-order valence-electron chi connectivity index (χ0n) is 17.5. The molecule has 0 spiro atoms. The van der Waals surface area contributed by atoms with E-state index in [2.05, 4.69) is 5.32 Å². The second-order valence-electron chi connectivity index (χ2n) is 7.07. The van der Waals surface area contributed by atoms with Gasteiger partial charge in [0.1, 0.15) is 11.8 Å². The molecule has 0 fully saturated rings. The topological polar surface area (TPSA) is 58.6 Å². The van der Waals surface area contributed by atoms with Crippen LogP contribution in [0.15, 0.2) is 48.5 Å². The van der Waals surface area contributed by atoms with Crippen LogP contribution in [0.5, 0.6) is 5.75 Å². The number of hydrogen-bond acceptors (Lipinski definition) is 3. The molecule has 162 valence electrons. The third kappa shape index (κ3) is 6.64. The highest BCUT2D eigenvalue weighted by Gasteiger charge is 2.30. The second-order valence-corrected chi connectivity index (χ2v) is 7.88. The van der Waals surface area contributed by atoms with Crippen LogP contribution in [0.25, 0.3) is 0 Å². The van der Waals surface area contributed by atoms with Crippen molar-refractivity contribution in [2.75, 3.05) is 6.61 Å². The van der Waals surface area contributed by atoms with Crippen molar-refractivity contribution in [3.8, 4) is 5.75 Å². The SMILES string of the molecule is CC[C@@H](C)NC(=O)[C@@H](CC)N(Cc1c(Cl)cccc1Cl)C(=O)COc1ccccc1. The zero-order valence-corrected chi connectivity index (χ0v) is 19.0. The lowest BCUT2D eigenvalue weighted by Gasteiger charge is -2.31. The maximum Gasteiger partial charge on any atom is 0.261 e. The largest absolute Gasteiger partial charge is 0.484 e. The van der Waals surface area contributed by atoms with Gasteiger partial charge < -0.3 is 15.0 Å². The highest BCUT2D eigenvalue weighted by atomic mass is 35.5. The van der Waals surface area contributed by atoms with Crippen molar-refractivity contribution in [3.05, 3.63) is 64.1 Å². The Hall–Kier alpha value is -2.24. The van der Waals surface area contributed by atoms with E-state index >= 15 is 0 Å². The van der Waals surface area contributed by atoms with Gasteiger partial charge in [-0.3, -0.25) is 9.59 Å². The molecular weight excluding hydrogens is 423 g/mol. The number of para-hydroxylation sites is 1. The summed E-state index contributed by atoms with van der Waals surface area (Å²) >= 11 is 12.7. The lowest BCUT2D eigenvalue weighted by molar-refractivity contribution is -0.143. The Bertz CT molecular complexity index is 825. The van der Waals surface area contributed by atoms with E-state index < -0.39 is 6.04 Å². The predicted octanol–water partition coefficient (Wildman–Crippen LogP) is 5.09. The van der Waals surface area contributed by atoms with Crippen LogP contribution < -0.4 is 10.1 Å². The first-order chi connectivity index (χ1) is 14.4. The van der Waals surface area contributed by atoms with E-state index in [1.165, 1.54) is 4.90 Å². The molecule has 0 aromatic heterocycles. The summed E-state index contributed by atoms with van der Waals surface area (Å²) in [6, 6.07) is 13.6. The number of benzene rings is 2. The lowest BCUT2D eigenvalue weighted by atomic mass is 10.1. The van der Waals surface area contributed by atoms with Gasteiger partial charge in [-0.15, -0.1) is 0 Å². The van der Waals surface area contributed by atoms with Gasteiger partial charge in [0.05, 0.1) is 0 Å². The number of nitrogens with one attached hydrogen (secondary N) is 1. The second kappa shape index (κ2) is 11.8. The molecule has 2 aromatic carbocycles. The summed E-state index contributed by atoms with van der Waals surface area (Å²) in [5.74, 6) is 0.0581. The first-order valence-corrected chi connectivity index (χ1v) is 10.8. The fourth-order valence-corrected chi connectivity index (χ4v) is 3.48. The lowest BCUT2D eigenvalue weighted by Crippen LogP contribution is -2.51. The molecule has 2 rings (SSSR count). The van der Waals surface area contributed by atoms with Crippen LogP contribution in [0.1, 0.15) is 39.2 Å². The highest BCUT2D eigenvalue weighted by Crippen LogP contribution is 2.27. The van der Waals surface area contributed by atoms with Gasteiger partial charge in [-0.2, -0.15) is 0 Å². The number of ether oxygens (including phenoxy) is 1. The maximum atomic E-state index is 13.1. The van der Waals surface area contributed by atoms with Crippen LogP contribution in [0, 0.1) is 0 Å². The van der Waals surface area contributed by atoms with Crippen molar-refractivity contribution in [1.29, 1.82) is 0 Å². The molecule has 0 aliphatic carbocycles. The van der Waals surface area contributed by atoms with Gasteiger partial charge in [0.2, 0.25) is 5.91 Å². The molecule has 2 amide bonds. The Morgan fingerprint density at radius 2 is 1.63 bits per heavy atom. The zero-order chi connectivity index (χ0) is 22.1. The molecule has 0 bridgehead atoms. The van der Waals surface area contributed by atoms with E-state index in [4.69, 9.17) is 27.9 Å². The van der Waals surface area contributed by atoms with E-state index in [0.717, 1.165) is 6.42 Å². The quantitative estimate of drug-likeness (QED) is 0.547. The van der Waals surface area contributed by atoms with Crippen LogP contribution in [-0.2, 0) is 16.1 Å². The third-order valence-corrected chi connectivity index (χ3v) is 5.59. The molecule has 2 atom stereocenters. The molecule has 0 saturated carbocycles. The highest BCUT2D eigenvalue weighted by molar-refractivity contribution is 6.36. The van der Waals surface area contributed by atoms with Crippen molar-refractivity contribution in [2.24, 2.45) is 0 Å². The first-order valence-electron chi connectivity index (χ1n) is 10.1. The summed E-state index contributed by atoms with van der Waals surface area (Å²) in [6.45, 7) is 5.71. The number of carbonyl (C=O) groups is 2. The summed E-state index contributed by atoms with van der Waals surface area (Å²) in [5, 5.41) is 3.86.